The van der Waals surface area contributed by atoms with Crippen molar-refractivity contribution in [2.75, 3.05) is 0 Å². The zero-order chi connectivity index (χ0) is 28.7. The minimum atomic E-state index is -7.37. The monoisotopic (exact) mass is 596 g/mol. The summed E-state index contributed by atoms with van der Waals surface area (Å²) in [6, 6.07) is 0. The summed E-state index contributed by atoms with van der Waals surface area (Å²) in [5, 5.41) is -6.94. The van der Waals surface area contributed by atoms with E-state index in [1.165, 1.54) is 44.9 Å². The summed E-state index contributed by atoms with van der Waals surface area (Å²) >= 11 is 4.11. The Morgan fingerprint density at radius 2 is 1.03 bits per heavy atom. The van der Waals surface area contributed by atoms with Crippen molar-refractivity contribution in [2.24, 2.45) is 11.8 Å². The van der Waals surface area contributed by atoms with Gasteiger partial charge in [0.15, 0.2) is 0 Å². The topological polar surface area (TPSA) is 71.4 Å². The Kier molecular flexibility index (Phi) is 12.6. The lowest BCUT2D eigenvalue weighted by atomic mass is 9.73. The van der Waals surface area contributed by atoms with Crippen LogP contribution >= 0.6 is 12.6 Å². The molecule has 0 bridgehead atoms. The quantitative estimate of drug-likeness (QED) is 0.197. The Labute approximate surface area is 216 Å². The van der Waals surface area contributed by atoms with Crippen LogP contribution in [0.4, 0.5) is 39.5 Å². The van der Waals surface area contributed by atoms with E-state index in [4.69, 9.17) is 4.55 Å². The van der Waals surface area contributed by atoms with E-state index >= 15 is 0 Å². The van der Waals surface area contributed by atoms with E-state index in [0.717, 1.165) is 31.1 Å². The molecule has 4 nitrogen and oxygen atoms in total. The molecule has 0 radical (unpaired) electrons. The molecule has 37 heavy (non-hydrogen) atoms. The molecule has 0 heterocycles. The fourth-order valence-electron chi connectivity index (χ4n) is 4.70. The Bertz CT molecular complexity index is 804. The van der Waals surface area contributed by atoms with Crippen LogP contribution in [0.1, 0.15) is 89.9 Å². The van der Waals surface area contributed by atoms with Crippen molar-refractivity contribution in [3.8, 4) is 0 Å². The van der Waals surface area contributed by atoms with Crippen molar-refractivity contribution in [1.29, 1.82) is 0 Å². The summed E-state index contributed by atoms with van der Waals surface area (Å²) < 4.78 is 134. The van der Waals surface area contributed by atoms with Crippen LogP contribution in [0.3, 0.4) is 0 Å². The molecule has 15 heteroatoms. The smallest absolute Gasteiger partial charge is 0.298 e. The van der Waals surface area contributed by atoms with E-state index < -0.39 is 33.4 Å². The molecule has 1 atom stereocenters. The average molecular weight is 597 g/mol. The minimum Gasteiger partial charge on any atom is -0.298 e. The summed E-state index contributed by atoms with van der Waals surface area (Å²) in [6.07, 6.45) is 12.3. The predicted molar refractivity (Wildman–Crippen MR) is 122 cm³/mol. The van der Waals surface area contributed by atoms with E-state index in [0.29, 0.717) is 5.78 Å². The highest BCUT2D eigenvalue weighted by molar-refractivity contribution is 7.87. The van der Waals surface area contributed by atoms with E-state index in [1.54, 1.807) is 25.7 Å². The standard InChI is InChI=1S/C12H22.C6H10OS.C4HF9O3S/c1-3-7-11(8-4-1)12-9-5-2-6-10-12;7-5-3-1-2-4-6(5)8;5-1(6,3(9,10)11)2(7,8)4(12,13)17(14,15)16/h11-12H,1-10H2;6,8H,1-4H2;(H,14,15,16). The fraction of sp³-hybridized carbons (Fsp3) is 0.955. The molecular formula is C22H33F9O4S2. The second-order valence-corrected chi connectivity index (χ2v) is 11.7. The molecular weight excluding hydrogens is 563 g/mol. The van der Waals surface area contributed by atoms with Crippen LogP contribution in [0.25, 0.3) is 0 Å². The van der Waals surface area contributed by atoms with E-state index in [-0.39, 0.29) is 5.25 Å². The molecule has 3 aliphatic rings. The number of carbonyl (C=O) groups is 1. The molecule has 220 valence electrons. The molecule has 3 fully saturated rings. The van der Waals surface area contributed by atoms with Crippen molar-refractivity contribution in [1.82, 2.24) is 0 Å². The highest BCUT2D eigenvalue weighted by atomic mass is 32.2. The van der Waals surface area contributed by atoms with Crippen molar-refractivity contribution in [3.63, 3.8) is 0 Å². The number of alkyl halides is 9. The molecule has 1 N–H and O–H groups in total. The minimum absolute atomic E-state index is 0.0590. The van der Waals surface area contributed by atoms with E-state index in [2.05, 4.69) is 12.6 Å². The number of rotatable bonds is 4. The van der Waals surface area contributed by atoms with Crippen molar-refractivity contribution >= 4 is 28.5 Å². The van der Waals surface area contributed by atoms with Gasteiger partial charge in [0.1, 0.15) is 5.78 Å². The van der Waals surface area contributed by atoms with Crippen LogP contribution in [-0.2, 0) is 14.9 Å². The predicted octanol–water partition coefficient (Wildman–Crippen LogP) is 7.87. The second kappa shape index (κ2) is 13.6. The molecule has 0 aromatic rings. The lowest BCUT2D eigenvalue weighted by Crippen LogP contribution is -2.63. The molecule has 0 saturated heterocycles. The lowest BCUT2D eigenvalue weighted by molar-refractivity contribution is -0.382. The Hall–Kier alpha value is -0.700. The summed E-state index contributed by atoms with van der Waals surface area (Å²) in [6.45, 7) is 0. The van der Waals surface area contributed by atoms with Gasteiger partial charge in [0, 0.05) is 6.42 Å². The normalized spacial score (nSPS) is 23.4. The van der Waals surface area contributed by atoms with E-state index in [9.17, 15) is 52.7 Å². The van der Waals surface area contributed by atoms with Gasteiger partial charge in [0.25, 0.3) is 0 Å². The number of thiol groups is 1. The van der Waals surface area contributed by atoms with E-state index in [1.807, 2.05) is 0 Å². The third kappa shape index (κ3) is 8.91. The van der Waals surface area contributed by atoms with Gasteiger partial charge in [-0.05, 0) is 24.7 Å². The zero-order valence-corrected chi connectivity index (χ0v) is 21.8. The van der Waals surface area contributed by atoms with Crippen LogP contribution in [0.15, 0.2) is 0 Å². The largest absolute Gasteiger partial charge is 0.460 e. The maximum atomic E-state index is 12.2. The average Bonchev–Trinajstić information content (AvgIpc) is 2.81. The molecule has 0 spiro atoms. The molecule has 1 unspecified atom stereocenters. The zero-order valence-electron chi connectivity index (χ0n) is 20.1. The van der Waals surface area contributed by atoms with Gasteiger partial charge in [-0.25, -0.2) is 0 Å². The fourth-order valence-corrected chi connectivity index (χ4v) is 5.46. The van der Waals surface area contributed by atoms with Crippen LogP contribution in [0.5, 0.6) is 0 Å². The van der Waals surface area contributed by atoms with Gasteiger partial charge in [0.2, 0.25) is 0 Å². The Morgan fingerprint density at radius 3 is 1.30 bits per heavy atom. The number of ketones is 1. The summed E-state index contributed by atoms with van der Waals surface area (Å²) in [5.74, 6) is -12.1. The lowest BCUT2D eigenvalue weighted by Gasteiger charge is -2.32. The maximum Gasteiger partial charge on any atom is 0.460 e. The first-order chi connectivity index (χ1) is 16.8. The van der Waals surface area contributed by atoms with Gasteiger partial charge in [0.05, 0.1) is 5.25 Å². The molecule has 0 aliphatic heterocycles. The van der Waals surface area contributed by atoms with Gasteiger partial charge >= 0.3 is 33.4 Å². The summed E-state index contributed by atoms with van der Waals surface area (Å²) in [4.78, 5) is 10.7. The molecule has 0 amide bonds. The first kappa shape index (κ1) is 34.3. The summed E-state index contributed by atoms with van der Waals surface area (Å²) in [5.41, 5.74) is 0. The van der Waals surface area contributed by atoms with Crippen molar-refractivity contribution < 1.29 is 57.3 Å². The summed E-state index contributed by atoms with van der Waals surface area (Å²) in [7, 11) is -7.17. The molecule has 3 saturated carbocycles. The van der Waals surface area contributed by atoms with Gasteiger partial charge in [-0.1, -0.05) is 70.6 Å². The Balaban J connectivity index is 0.000000295. The molecule has 0 aromatic heterocycles. The van der Waals surface area contributed by atoms with Crippen LogP contribution < -0.4 is 0 Å². The highest BCUT2D eigenvalue weighted by Crippen LogP contribution is 2.54. The highest BCUT2D eigenvalue weighted by Gasteiger charge is 2.85. The molecule has 3 aliphatic carbocycles. The number of hydrogen-bond acceptors (Lipinski definition) is 4. The third-order valence-corrected chi connectivity index (χ3v) is 8.38. The van der Waals surface area contributed by atoms with Crippen LogP contribution in [0, 0.1) is 11.8 Å². The first-order valence-corrected chi connectivity index (χ1v) is 14.1. The first-order valence-electron chi connectivity index (χ1n) is 12.1. The van der Waals surface area contributed by atoms with Gasteiger partial charge in [-0.3, -0.25) is 9.35 Å². The maximum absolute atomic E-state index is 12.2. The van der Waals surface area contributed by atoms with Crippen molar-refractivity contribution in [3.05, 3.63) is 0 Å². The van der Waals surface area contributed by atoms with Crippen LogP contribution in [0.2, 0.25) is 0 Å². The van der Waals surface area contributed by atoms with Gasteiger partial charge < -0.3 is 0 Å². The number of carbonyl (C=O) groups excluding carboxylic acids is 1. The number of Topliss-reactive ketones (excluding diaryl/α,β-unsaturated/α-hetero) is 1. The number of hydrogen-bond donors (Lipinski definition) is 2. The van der Waals surface area contributed by atoms with Crippen LogP contribution in [-0.4, -0.2) is 47.3 Å². The van der Waals surface area contributed by atoms with Gasteiger partial charge in [-0.2, -0.15) is 60.6 Å². The second-order valence-electron chi connectivity index (χ2n) is 9.66. The third-order valence-electron chi connectivity index (χ3n) is 6.93. The van der Waals surface area contributed by atoms with Crippen molar-refractivity contribution in [2.45, 2.75) is 118 Å². The van der Waals surface area contributed by atoms with Gasteiger partial charge in [-0.15, -0.1) is 0 Å². The Morgan fingerprint density at radius 1 is 0.649 bits per heavy atom. The molecule has 3 rings (SSSR count). The SMILES string of the molecule is C1CCC(C2CCCCC2)CC1.O=C1CCCCC1S.O=S(=O)(O)C(F)(F)C(F)(F)C(F)(F)C(F)(F)F. The molecule has 0 aromatic carbocycles. The number of halogens is 9.